The molecule has 1 heterocycles. The summed E-state index contributed by atoms with van der Waals surface area (Å²) in [4.78, 5) is 13.5. The molecule has 1 fully saturated rings. The van der Waals surface area contributed by atoms with Crippen molar-refractivity contribution in [1.29, 1.82) is 0 Å². The van der Waals surface area contributed by atoms with Gasteiger partial charge in [-0.3, -0.25) is 4.79 Å². The number of hydrogen-bond donors (Lipinski definition) is 2. The predicted octanol–water partition coefficient (Wildman–Crippen LogP) is 2.84. The molecular weight excluding hydrogens is 268 g/mol. The summed E-state index contributed by atoms with van der Waals surface area (Å²) in [5.41, 5.74) is 6.54. The van der Waals surface area contributed by atoms with Gasteiger partial charge < -0.3 is 11.1 Å². The van der Waals surface area contributed by atoms with E-state index in [-0.39, 0.29) is 11.9 Å². The van der Waals surface area contributed by atoms with Crippen LogP contribution in [-0.4, -0.2) is 11.4 Å². The summed E-state index contributed by atoms with van der Waals surface area (Å²) in [5.74, 6) is -0.0361. The Kier molecular flexibility index (Phi) is 3.59. The molecule has 0 radical (unpaired) electrons. The first-order valence-electron chi connectivity index (χ1n) is 6.87. The van der Waals surface area contributed by atoms with Crippen molar-refractivity contribution >= 4 is 17.2 Å². The molecule has 0 spiro atoms. The van der Waals surface area contributed by atoms with Gasteiger partial charge in [0.05, 0.1) is 11.6 Å². The Bertz CT molecular complexity index is 576. The van der Waals surface area contributed by atoms with Crippen molar-refractivity contribution in [2.75, 3.05) is 0 Å². The molecule has 1 atom stereocenters. The van der Waals surface area contributed by atoms with Gasteiger partial charge >= 0.3 is 0 Å². The number of benzene rings is 1. The van der Waals surface area contributed by atoms with E-state index in [2.05, 4.69) is 5.32 Å². The fourth-order valence-electron chi connectivity index (χ4n) is 2.48. The Morgan fingerprint density at radius 2 is 1.95 bits per heavy atom. The maximum absolute atomic E-state index is 12.4. The summed E-state index contributed by atoms with van der Waals surface area (Å²) in [5, 5.41) is 5.15. The molecule has 3 N–H and O–H groups in total. The minimum absolute atomic E-state index is 0.0361. The van der Waals surface area contributed by atoms with Gasteiger partial charge in [0.25, 0.3) is 0 Å². The molecule has 0 saturated heterocycles. The molecule has 4 heteroatoms. The Morgan fingerprint density at radius 3 is 2.50 bits per heavy atom. The zero-order valence-corrected chi connectivity index (χ0v) is 12.0. The van der Waals surface area contributed by atoms with E-state index < -0.39 is 5.54 Å². The number of nitrogens with two attached hydrogens (primary N) is 1. The van der Waals surface area contributed by atoms with Crippen LogP contribution in [0.4, 0.5) is 0 Å². The largest absolute Gasteiger partial charge is 0.343 e. The Hall–Kier alpha value is -1.65. The molecule has 1 aromatic carbocycles. The molecule has 1 amide bonds. The van der Waals surface area contributed by atoms with Gasteiger partial charge in [0.15, 0.2) is 0 Å². The maximum atomic E-state index is 12.4. The molecule has 1 saturated carbocycles. The van der Waals surface area contributed by atoms with Crippen LogP contribution in [0.3, 0.4) is 0 Å². The normalized spacial score (nSPS) is 18.1. The predicted molar refractivity (Wildman–Crippen MR) is 81.5 cm³/mol. The first-order valence-corrected chi connectivity index (χ1v) is 7.75. The van der Waals surface area contributed by atoms with E-state index in [9.17, 15) is 4.79 Å². The SMILES string of the molecule is NC1(C(=O)NC(c2ccccc2)c2cccs2)CCC1. The highest BCUT2D eigenvalue weighted by atomic mass is 32.1. The molecule has 3 nitrogen and oxygen atoms in total. The fraction of sp³-hybridized carbons (Fsp3) is 0.312. The number of nitrogens with one attached hydrogen (secondary N) is 1. The Morgan fingerprint density at radius 1 is 1.20 bits per heavy atom. The summed E-state index contributed by atoms with van der Waals surface area (Å²) >= 11 is 1.65. The summed E-state index contributed by atoms with van der Waals surface area (Å²) in [6.45, 7) is 0. The highest BCUT2D eigenvalue weighted by Gasteiger charge is 2.41. The van der Waals surface area contributed by atoms with Crippen LogP contribution in [0.25, 0.3) is 0 Å². The van der Waals surface area contributed by atoms with E-state index in [1.54, 1.807) is 11.3 Å². The van der Waals surface area contributed by atoms with Gasteiger partial charge in [-0.05, 0) is 36.3 Å². The molecule has 2 aromatic rings. The lowest BCUT2D eigenvalue weighted by atomic mass is 9.77. The molecule has 1 aromatic heterocycles. The highest BCUT2D eigenvalue weighted by Crippen LogP contribution is 2.32. The van der Waals surface area contributed by atoms with Gasteiger partial charge in [-0.15, -0.1) is 11.3 Å². The average Bonchev–Trinajstić information content (AvgIpc) is 2.96. The monoisotopic (exact) mass is 286 g/mol. The number of rotatable bonds is 4. The third-order valence-electron chi connectivity index (χ3n) is 3.93. The molecule has 1 aliphatic rings. The van der Waals surface area contributed by atoms with Crippen molar-refractivity contribution in [3.8, 4) is 0 Å². The molecule has 0 aliphatic heterocycles. The molecule has 104 valence electrons. The molecule has 1 aliphatic carbocycles. The van der Waals surface area contributed by atoms with Crippen LogP contribution in [0, 0.1) is 0 Å². The molecule has 3 rings (SSSR count). The van der Waals surface area contributed by atoms with E-state index in [4.69, 9.17) is 5.73 Å². The van der Waals surface area contributed by atoms with Crippen LogP contribution in [0.1, 0.15) is 35.7 Å². The molecular formula is C16H18N2OS. The maximum Gasteiger partial charge on any atom is 0.240 e. The van der Waals surface area contributed by atoms with Crippen LogP contribution in [0.5, 0.6) is 0 Å². The molecule has 1 unspecified atom stereocenters. The van der Waals surface area contributed by atoms with E-state index >= 15 is 0 Å². The van der Waals surface area contributed by atoms with Crippen LogP contribution in [0.15, 0.2) is 47.8 Å². The zero-order valence-electron chi connectivity index (χ0n) is 11.2. The summed E-state index contributed by atoms with van der Waals surface area (Å²) < 4.78 is 0. The van der Waals surface area contributed by atoms with Crippen molar-refractivity contribution in [3.05, 3.63) is 58.3 Å². The van der Waals surface area contributed by atoms with Crippen molar-refractivity contribution in [1.82, 2.24) is 5.32 Å². The average molecular weight is 286 g/mol. The van der Waals surface area contributed by atoms with E-state index in [0.29, 0.717) is 0 Å². The second kappa shape index (κ2) is 5.38. The number of thiophene rings is 1. The standard InChI is InChI=1S/C16H18N2OS/c17-16(9-5-10-16)15(19)18-14(13-8-4-11-20-13)12-6-2-1-3-7-12/h1-4,6-8,11,14H,5,9-10,17H2,(H,18,19). The summed E-state index contributed by atoms with van der Waals surface area (Å²) in [6, 6.07) is 14.0. The lowest BCUT2D eigenvalue weighted by molar-refractivity contribution is -0.129. The Balaban J connectivity index is 1.85. The van der Waals surface area contributed by atoms with Crippen molar-refractivity contribution in [3.63, 3.8) is 0 Å². The smallest absolute Gasteiger partial charge is 0.240 e. The third kappa shape index (κ3) is 2.49. The van der Waals surface area contributed by atoms with Gasteiger partial charge in [-0.25, -0.2) is 0 Å². The highest BCUT2D eigenvalue weighted by molar-refractivity contribution is 7.10. The minimum Gasteiger partial charge on any atom is -0.343 e. The Labute approximate surface area is 122 Å². The van der Waals surface area contributed by atoms with Gasteiger partial charge in [0.2, 0.25) is 5.91 Å². The van der Waals surface area contributed by atoms with E-state index in [0.717, 1.165) is 29.7 Å². The number of hydrogen-bond acceptors (Lipinski definition) is 3. The van der Waals surface area contributed by atoms with Crippen LogP contribution in [0.2, 0.25) is 0 Å². The van der Waals surface area contributed by atoms with Crippen molar-refractivity contribution in [2.45, 2.75) is 30.8 Å². The zero-order chi connectivity index (χ0) is 14.0. The van der Waals surface area contributed by atoms with Gasteiger partial charge in [0.1, 0.15) is 0 Å². The van der Waals surface area contributed by atoms with Gasteiger partial charge in [0, 0.05) is 4.88 Å². The van der Waals surface area contributed by atoms with Crippen LogP contribution in [-0.2, 0) is 4.79 Å². The number of amides is 1. The molecule has 20 heavy (non-hydrogen) atoms. The third-order valence-corrected chi connectivity index (χ3v) is 4.87. The minimum atomic E-state index is -0.662. The van der Waals surface area contributed by atoms with Gasteiger partial charge in [-0.2, -0.15) is 0 Å². The lowest BCUT2D eigenvalue weighted by Gasteiger charge is -2.37. The number of carbonyl (C=O) groups excluding carboxylic acids is 1. The first kappa shape index (κ1) is 13.3. The van der Waals surface area contributed by atoms with Crippen LogP contribution < -0.4 is 11.1 Å². The number of carbonyl (C=O) groups is 1. The topological polar surface area (TPSA) is 55.1 Å². The van der Waals surface area contributed by atoms with Gasteiger partial charge in [-0.1, -0.05) is 36.4 Å². The van der Waals surface area contributed by atoms with Crippen molar-refractivity contribution < 1.29 is 4.79 Å². The second-order valence-corrected chi connectivity index (χ2v) is 6.32. The molecule has 0 bridgehead atoms. The van der Waals surface area contributed by atoms with Crippen LogP contribution >= 0.6 is 11.3 Å². The van der Waals surface area contributed by atoms with Crippen molar-refractivity contribution in [2.24, 2.45) is 5.73 Å². The first-order chi connectivity index (χ1) is 9.69. The second-order valence-electron chi connectivity index (χ2n) is 5.34. The fourth-order valence-corrected chi connectivity index (χ4v) is 3.28. The van der Waals surface area contributed by atoms with E-state index in [1.165, 1.54) is 0 Å². The van der Waals surface area contributed by atoms with E-state index in [1.807, 2.05) is 47.8 Å². The summed E-state index contributed by atoms with van der Waals surface area (Å²) in [6.07, 6.45) is 2.61. The lowest BCUT2D eigenvalue weighted by Crippen LogP contribution is -2.59. The quantitative estimate of drug-likeness (QED) is 0.908. The summed E-state index contributed by atoms with van der Waals surface area (Å²) in [7, 11) is 0.